The van der Waals surface area contributed by atoms with Gasteiger partial charge in [-0.2, -0.15) is 0 Å². The van der Waals surface area contributed by atoms with Crippen LogP contribution in [0.25, 0.3) is 0 Å². The first kappa shape index (κ1) is 13.1. The largest absolute Gasteiger partial charge is 0.371 e. The van der Waals surface area contributed by atoms with Crippen LogP contribution in [-0.4, -0.2) is 16.5 Å². The van der Waals surface area contributed by atoms with Gasteiger partial charge in [0.2, 0.25) is 5.78 Å². The second kappa shape index (κ2) is 5.51. The summed E-state index contributed by atoms with van der Waals surface area (Å²) in [4.78, 5) is 12.1. The molecule has 0 aliphatic heterocycles. The van der Waals surface area contributed by atoms with Crippen molar-refractivity contribution in [2.75, 3.05) is 0 Å². The molecule has 2 nitrogen and oxygen atoms in total. The first-order valence-corrected chi connectivity index (χ1v) is 6.00. The molecule has 0 bridgehead atoms. The molecule has 0 aromatic heterocycles. The maximum Gasteiger partial charge on any atom is 0.206 e. The predicted octanol–water partition coefficient (Wildman–Crippen LogP) is 2.67. The average molecular weight is 250 g/mol. The molecule has 19 heavy (non-hydrogen) atoms. The zero-order chi connectivity index (χ0) is 13.7. The predicted molar refractivity (Wildman–Crippen MR) is 74.7 cm³/mol. The molecule has 2 aromatic rings. The third-order valence-electron chi connectivity index (χ3n) is 2.70. The Kier molecular flexibility index (Phi) is 3.79. The van der Waals surface area contributed by atoms with Crippen LogP contribution in [0, 0.1) is 11.8 Å². The van der Waals surface area contributed by atoms with Crippen molar-refractivity contribution in [2.45, 2.75) is 12.5 Å². The van der Waals surface area contributed by atoms with Crippen LogP contribution < -0.4 is 0 Å². The van der Waals surface area contributed by atoms with Gasteiger partial charge >= 0.3 is 0 Å². The number of Topliss-reactive ketones (excluding diaryl/α,β-unsaturated/α-hetero) is 1. The number of hydrogen-bond donors (Lipinski definition) is 1. The summed E-state index contributed by atoms with van der Waals surface area (Å²) in [5, 5.41) is 10.2. The number of hydrogen-bond acceptors (Lipinski definition) is 2. The van der Waals surface area contributed by atoms with Crippen LogP contribution in [-0.2, 0) is 0 Å². The van der Waals surface area contributed by atoms with E-state index in [4.69, 9.17) is 0 Å². The standard InChI is InChI=1S/C17H14O2/c1-17(19,13-12-14-8-4-2-5-9-14)16(18)15-10-6-3-7-11-15/h2-11,19H,1H3/t17-/m0/s1. The molecule has 0 fully saturated rings. The fourth-order valence-electron chi connectivity index (χ4n) is 1.64. The van der Waals surface area contributed by atoms with Gasteiger partial charge in [0.05, 0.1) is 0 Å². The summed E-state index contributed by atoms with van der Waals surface area (Å²) in [5.74, 6) is 5.05. The summed E-state index contributed by atoms with van der Waals surface area (Å²) >= 11 is 0. The van der Waals surface area contributed by atoms with Crippen LogP contribution >= 0.6 is 0 Å². The van der Waals surface area contributed by atoms with Crippen molar-refractivity contribution in [1.29, 1.82) is 0 Å². The quantitative estimate of drug-likeness (QED) is 0.657. The average Bonchev–Trinajstić information content (AvgIpc) is 2.46. The molecular formula is C17H14O2. The number of carbonyl (C=O) groups is 1. The Morgan fingerprint density at radius 1 is 1.00 bits per heavy atom. The molecule has 1 atom stereocenters. The smallest absolute Gasteiger partial charge is 0.206 e. The second-order valence-electron chi connectivity index (χ2n) is 4.38. The summed E-state index contributed by atoms with van der Waals surface area (Å²) in [6.45, 7) is 1.41. The first-order chi connectivity index (χ1) is 9.09. The van der Waals surface area contributed by atoms with Crippen molar-refractivity contribution in [3.8, 4) is 11.8 Å². The fraction of sp³-hybridized carbons (Fsp3) is 0.118. The van der Waals surface area contributed by atoms with E-state index in [-0.39, 0.29) is 0 Å². The molecule has 0 aliphatic carbocycles. The van der Waals surface area contributed by atoms with E-state index in [1.165, 1.54) is 6.92 Å². The van der Waals surface area contributed by atoms with Gasteiger partial charge in [-0.1, -0.05) is 60.4 Å². The molecule has 0 heterocycles. The maximum atomic E-state index is 12.1. The molecule has 1 N–H and O–H groups in total. The number of rotatable bonds is 2. The highest BCUT2D eigenvalue weighted by molar-refractivity contribution is 6.04. The Hall–Kier alpha value is -2.37. The van der Waals surface area contributed by atoms with E-state index < -0.39 is 11.4 Å². The zero-order valence-electron chi connectivity index (χ0n) is 10.6. The fourth-order valence-corrected chi connectivity index (χ4v) is 1.64. The molecule has 0 spiro atoms. The number of carbonyl (C=O) groups excluding carboxylic acids is 1. The van der Waals surface area contributed by atoms with Gasteiger partial charge in [-0.05, 0) is 19.1 Å². The van der Waals surface area contributed by atoms with Gasteiger partial charge in [-0.15, -0.1) is 0 Å². The minimum atomic E-state index is -1.68. The van der Waals surface area contributed by atoms with Gasteiger partial charge in [0, 0.05) is 11.1 Å². The topological polar surface area (TPSA) is 37.3 Å². The lowest BCUT2D eigenvalue weighted by molar-refractivity contribution is 0.0621. The van der Waals surface area contributed by atoms with Crippen LogP contribution in [0.2, 0.25) is 0 Å². The monoisotopic (exact) mass is 250 g/mol. The second-order valence-corrected chi connectivity index (χ2v) is 4.38. The molecule has 2 rings (SSSR count). The number of ketones is 1. The SMILES string of the molecule is C[C@](O)(C#Cc1ccccc1)C(=O)c1ccccc1. The van der Waals surface area contributed by atoms with Crippen molar-refractivity contribution in [1.82, 2.24) is 0 Å². The van der Waals surface area contributed by atoms with Crippen molar-refractivity contribution < 1.29 is 9.90 Å². The van der Waals surface area contributed by atoms with E-state index in [0.29, 0.717) is 5.56 Å². The van der Waals surface area contributed by atoms with Crippen LogP contribution in [0.5, 0.6) is 0 Å². The molecule has 2 heteroatoms. The van der Waals surface area contributed by atoms with Gasteiger partial charge in [-0.25, -0.2) is 0 Å². The first-order valence-electron chi connectivity index (χ1n) is 6.00. The molecule has 2 aromatic carbocycles. The summed E-state index contributed by atoms with van der Waals surface area (Å²) in [7, 11) is 0. The maximum absolute atomic E-state index is 12.1. The normalized spacial score (nSPS) is 12.9. The Morgan fingerprint density at radius 3 is 2.11 bits per heavy atom. The minimum absolute atomic E-state index is 0.392. The third kappa shape index (κ3) is 3.31. The lowest BCUT2D eigenvalue weighted by Crippen LogP contribution is -2.33. The summed E-state index contributed by atoms with van der Waals surface area (Å²) < 4.78 is 0. The van der Waals surface area contributed by atoms with Gasteiger partial charge < -0.3 is 5.11 Å². The van der Waals surface area contributed by atoms with E-state index in [9.17, 15) is 9.90 Å². The van der Waals surface area contributed by atoms with Crippen LogP contribution in [0.4, 0.5) is 0 Å². The lowest BCUT2D eigenvalue weighted by Gasteiger charge is -2.14. The molecule has 0 saturated carbocycles. The highest BCUT2D eigenvalue weighted by atomic mass is 16.3. The Balaban J connectivity index is 2.24. The molecular weight excluding hydrogens is 236 g/mol. The third-order valence-corrected chi connectivity index (χ3v) is 2.70. The zero-order valence-corrected chi connectivity index (χ0v) is 10.6. The summed E-state index contributed by atoms with van der Waals surface area (Å²) in [6, 6.07) is 17.9. The van der Waals surface area contributed by atoms with Gasteiger partial charge in [0.15, 0.2) is 5.60 Å². The van der Waals surface area contributed by atoms with Crippen LogP contribution in [0.3, 0.4) is 0 Å². The number of benzene rings is 2. The minimum Gasteiger partial charge on any atom is -0.371 e. The van der Waals surface area contributed by atoms with Gasteiger partial charge in [0.1, 0.15) is 0 Å². The molecule has 0 saturated heterocycles. The van der Waals surface area contributed by atoms with E-state index in [0.717, 1.165) is 5.56 Å². The van der Waals surface area contributed by atoms with E-state index in [1.54, 1.807) is 24.3 Å². The van der Waals surface area contributed by atoms with Crippen LogP contribution in [0.1, 0.15) is 22.8 Å². The molecule has 0 aliphatic rings. The van der Waals surface area contributed by atoms with E-state index in [1.807, 2.05) is 36.4 Å². The molecule has 94 valence electrons. The van der Waals surface area contributed by atoms with E-state index >= 15 is 0 Å². The van der Waals surface area contributed by atoms with Crippen LogP contribution in [0.15, 0.2) is 60.7 Å². The molecule has 0 radical (unpaired) electrons. The van der Waals surface area contributed by atoms with Gasteiger partial charge in [-0.3, -0.25) is 4.79 Å². The highest BCUT2D eigenvalue weighted by Crippen LogP contribution is 2.12. The van der Waals surface area contributed by atoms with Crippen molar-refractivity contribution >= 4 is 5.78 Å². The van der Waals surface area contributed by atoms with Gasteiger partial charge in [0.25, 0.3) is 0 Å². The van der Waals surface area contributed by atoms with Crippen molar-refractivity contribution in [3.63, 3.8) is 0 Å². The lowest BCUT2D eigenvalue weighted by atomic mass is 9.95. The van der Waals surface area contributed by atoms with Crippen molar-refractivity contribution in [3.05, 3.63) is 71.8 Å². The Bertz CT molecular complexity index is 617. The molecule has 0 unspecified atom stereocenters. The van der Waals surface area contributed by atoms with E-state index in [2.05, 4.69) is 11.8 Å². The molecule has 0 amide bonds. The Labute approximate surface area is 112 Å². The van der Waals surface area contributed by atoms with Crippen molar-refractivity contribution in [2.24, 2.45) is 0 Å². The number of aliphatic hydroxyl groups is 1. The summed E-state index contributed by atoms with van der Waals surface area (Å²) in [5.41, 5.74) is -0.463. The summed E-state index contributed by atoms with van der Waals surface area (Å²) in [6.07, 6.45) is 0. The highest BCUT2D eigenvalue weighted by Gasteiger charge is 2.28. The Morgan fingerprint density at radius 2 is 1.53 bits per heavy atom.